The number of ether oxygens (including phenoxy) is 1. The Hall–Kier alpha value is -3.22. The Morgan fingerprint density at radius 3 is 2.71 bits per heavy atom. The Balaban J connectivity index is 1.42. The van der Waals surface area contributed by atoms with Crippen LogP contribution in [-0.2, 0) is 19.3 Å². The van der Waals surface area contributed by atoms with Crippen molar-refractivity contribution in [2.24, 2.45) is 5.92 Å². The number of fused-ring (bicyclic) bond motifs is 2. The highest BCUT2D eigenvalue weighted by molar-refractivity contribution is 5.72. The molecule has 0 radical (unpaired) electrons. The third-order valence-corrected chi connectivity index (χ3v) is 7.11. The van der Waals surface area contributed by atoms with Crippen molar-refractivity contribution in [1.82, 2.24) is 9.97 Å². The summed E-state index contributed by atoms with van der Waals surface area (Å²) in [6, 6.07) is 9.92. The van der Waals surface area contributed by atoms with Gasteiger partial charge < -0.3 is 14.5 Å². The van der Waals surface area contributed by atoms with E-state index in [-0.39, 0.29) is 17.5 Å². The van der Waals surface area contributed by atoms with Gasteiger partial charge in [-0.1, -0.05) is 6.07 Å². The van der Waals surface area contributed by atoms with E-state index in [2.05, 4.69) is 38.0 Å². The standard InChI is InChI=1S/C28H32F2N4O/c1-17(2)34-9-10-35-28-23(29)14-21(15-25(28)34)27-24(30)16-31-26(32-27)12-18-5-6-19-7-8-22(33(3)4)13-20(19)11-18/h7-8,13-18H,5-6,9-12H2,1-4H3. The number of aromatic nitrogens is 2. The van der Waals surface area contributed by atoms with Gasteiger partial charge in [0.15, 0.2) is 17.4 Å². The summed E-state index contributed by atoms with van der Waals surface area (Å²) in [7, 11) is 4.10. The number of benzene rings is 2. The summed E-state index contributed by atoms with van der Waals surface area (Å²) in [6.45, 7) is 5.18. The van der Waals surface area contributed by atoms with Crippen LogP contribution >= 0.6 is 0 Å². The molecule has 1 unspecified atom stereocenters. The van der Waals surface area contributed by atoms with Crippen molar-refractivity contribution in [2.75, 3.05) is 37.0 Å². The molecule has 184 valence electrons. The Bertz CT molecular complexity index is 1240. The van der Waals surface area contributed by atoms with E-state index < -0.39 is 11.6 Å². The maximum Gasteiger partial charge on any atom is 0.178 e. The highest BCUT2D eigenvalue weighted by atomic mass is 19.1. The summed E-state index contributed by atoms with van der Waals surface area (Å²) in [5.41, 5.74) is 5.13. The van der Waals surface area contributed by atoms with Crippen LogP contribution in [0.5, 0.6) is 5.75 Å². The van der Waals surface area contributed by atoms with Crippen molar-refractivity contribution >= 4 is 11.4 Å². The molecule has 2 aromatic carbocycles. The summed E-state index contributed by atoms with van der Waals surface area (Å²) in [5, 5.41) is 0. The van der Waals surface area contributed by atoms with Gasteiger partial charge in [-0.3, -0.25) is 0 Å². The van der Waals surface area contributed by atoms with Gasteiger partial charge in [-0.25, -0.2) is 18.7 Å². The summed E-state index contributed by atoms with van der Waals surface area (Å²) in [6.07, 6.45) is 4.88. The molecule has 0 fully saturated rings. The Morgan fingerprint density at radius 2 is 1.94 bits per heavy atom. The Morgan fingerprint density at radius 1 is 1.11 bits per heavy atom. The molecule has 5 rings (SSSR count). The molecule has 7 heteroatoms. The SMILES string of the molecule is CC(C)N1CCOc2c(F)cc(-c3nc(CC4CCc5ccc(N(C)C)cc5C4)ncc3F)cc21. The first-order valence-corrected chi connectivity index (χ1v) is 12.3. The minimum Gasteiger partial charge on any atom is -0.486 e. The molecule has 0 saturated carbocycles. The summed E-state index contributed by atoms with van der Waals surface area (Å²) < 4.78 is 35.4. The fraction of sp³-hybridized carbons (Fsp3) is 0.429. The first-order valence-electron chi connectivity index (χ1n) is 12.3. The number of hydrogen-bond donors (Lipinski definition) is 0. The van der Waals surface area contributed by atoms with Crippen molar-refractivity contribution in [3.8, 4) is 17.0 Å². The quantitative estimate of drug-likeness (QED) is 0.488. The summed E-state index contributed by atoms with van der Waals surface area (Å²) in [4.78, 5) is 13.1. The molecule has 0 spiro atoms. The third-order valence-electron chi connectivity index (χ3n) is 7.11. The van der Waals surface area contributed by atoms with Crippen LogP contribution in [0.4, 0.5) is 20.2 Å². The lowest BCUT2D eigenvalue weighted by atomic mass is 9.82. The average Bonchev–Trinajstić information content (AvgIpc) is 2.84. The van der Waals surface area contributed by atoms with Crippen molar-refractivity contribution in [2.45, 2.75) is 45.6 Å². The number of halogens is 2. The van der Waals surface area contributed by atoms with Gasteiger partial charge in [-0.2, -0.15) is 0 Å². The van der Waals surface area contributed by atoms with Gasteiger partial charge >= 0.3 is 0 Å². The molecule has 0 saturated heterocycles. The Kier molecular flexibility index (Phi) is 6.34. The van der Waals surface area contributed by atoms with Gasteiger partial charge in [-0.15, -0.1) is 0 Å². The lowest BCUT2D eigenvalue weighted by molar-refractivity contribution is 0.287. The van der Waals surface area contributed by atoms with Gasteiger partial charge in [0.2, 0.25) is 0 Å². The van der Waals surface area contributed by atoms with Crippen molar-refractivity contribution in [3.05, 3.63) is 65.1 Å². The van der Waals surface area contributed by atoms with Gasteiger partial charge in [0.1, 0.15) is 18.1 Å². The summed E-state index contributed by atoms with van der Waals surface area (Å²) in [5.74, 6) is 0.145. The predicted molar refractivity (Wildman–Crippen MR) is 135 cm³/mol. The second-order valence-corrected chi connectivity index (χ2v) is 10.1. The number of hydrogen-bond acceptors (Lipinski definition) is 5. The molecular weight excluding hydrogens is 446 g/mol. The van der Waals surface area contributed by atoms with Crippen LogP contribution in [0.2, 0.25) is 0 Å². The van der Waals surface area contributed by atoms with E-state index in [1.807, 2.05) is 27.9 Å². The van der Waals surface area contributed by atoms with E-state index in [4.69, 9.17) is 4.74 Å². The largest absolute Gasteiger partial charge is 0.486 e. The van der Waals surface area contributed by atoms with Crippen LogP contribution in [-0.4, -0.2) is 43.3 Å². The first kappa shape index (κ1) is 23.5. The average molecular weight is 479 g/mol. The highest BCUT2D eigenvalue weighted by Gasteiger charge is 2.26. The van der Waals surface area contributed by atoms with Gasteiger partial charge in [0.05, 0.1) is 18.4 Å². The molecule has 2 aliphatic rings. The lowest BCUT2D eigenvalue weighted by Crippen LogP contribution is -2.38. The van der Waals surface area contributed by atoms with Crippen LogP contribution in [0.3, 0.4) is 0 Å². The minimum absolute atomic E-state index is 0.136. The molecule has 0 amide bonds. The van der Waals surface area contributed by atoms with Crippen molar-refractivity contribution < 1.29 is 13.5 Å². The van der Waals surface area contributed by atoms with Crippen LogP contribution in [0.25, 0.3) is 11.3 Å². The lowest BCUT2D eigenvalue weighted by Gasteiger charge is -2.34. The van der Waals surface area contributed by atoms with E-state index in [1.165, 1.54) is 29.1 Å². The third kappa shape index (κ3) is 4.68. The van der Waals surface area contributed by atoms with E-state index in [1.54, 1.807) is 6.07 Å². The van der Waals surface area contributed by atoms with Crippen LogP contribution in [0, 0.1) is 17.6 Å². The first-order chi connectivity index (χ1) is 16.8. The monoisotopic (exact) mass is 478 g/mol. The number of aryl methyl sites for hydroxylation is 1. The van der Waals surface area contributed by atoms with Gasteiger partial charge in [-0.05, 0) is 74.4 Å². The second kappa shape index (κ2) is 9.44. The fourth-order valence-corrected chi connectivity index (χ4v) is 5.21. The maximum atomic E-state index is 15.0. The van der Waals surface area contributed by atoms with E-state index in [0.717, 1.165) is 19.3 Å². The number of anilines is 2. The zero-order valence-electron chi connectivity index (χ0n) is 20.8. The molecule has 0 bridgehead atoms. The zero-order chi connectivity index (χ0) is 24.7. The molecule has 2 heterocycles. The number of rotatable bonds is 5. The highest BCUT2D eigenvalue weighted by Crippen LogP contribution is 2.39. The zero-order valence-corrected chi connectivity index (χ0v) is 20.8. The topological polar surface area (TPSA) is 41.5 Å². The van der Waals surface area contributed by atoms with Crippen LogP contribution in [0.1, 0.15) is 37.2 Å². The van der Waals surface area contributed by atoms with E-state index >= 15 is 0 Å². The molecule has 1 aliphatic heterocycles. The molecule has 1 aliphatic carbocycles. The molecule has 0 N–H and O–H groups in total. The molecule has 3 aromatic rings. The normalized spacial score (nSPS) is 17.1. The molecule has 1 atom stereocenters. The van der Waals surface area contributed by atoms with E-state index in [0.29, 0.717) is 42.6 Å². The van der Waals surface area contributed by atoms with Crippen LogP contribution in [0.15, 0.2) is 36.5 Å². The predicted octanol–water partition coefficient (Wildman–Crippen LogP) is 5.44. The molecule has 35 heavy (non-hydrogen) atoms. The fourth-order valence-electron chi connectivity index (χ4n) is 5.21. The van der Waals surface area contributed by atoms with Crippen molar-refractivity contribution in [1.29, 1.82) is 0 Å². The van der Waals surface area contributed by atoms with Crippen LogP contribution < -0.4 is 14.5 Å². The van der Waals surface area contributed by atoms with Gasteiger partial charge in [0, 0.05) is 37.8 Å². The second-order valence-electron chi connectivity index (χ2n) is 10.1. The van der Waals surface area contributed by atoms with E-state index in [9.17, 15) is 8.78 Å². The molecule has 1 aromatic heterocycles. The summed E-state index contributed by atoms with van der Waals surface area (Å²) >= 11 is 0. The molecular formula is C28H32F2N4O. The smallest absolute Gasteiger partial charge is 0.178 e. The number of nitrogens with zero attached hydrogens (tertiary/aromatic N) is 4. The van der Waals surface area contributed by atoms with Gasteiger partial charge in [0.25, 0.3) is 0 Å². The Labute approximate surface area is 205 Å². The van der Waals surface area contributed by atoms with Crippen molar-refractivity contribution in [3.63, 3.8) is 0 Å². The minimum atomic E-state index is -0.550. The molecule has 5 nitrogen and oxygen atoms in total. The maximum absolute atomic E-state index is 15.0.